The van der Waals surface area contributed by atoms with E-state index in [1.807, 2.05) is 0 Å². The molecule has 2 aromatic rings. The Morgan fingerprint density at radius 1 is 1.25 bits per heavy atom. The molecule has 0 amide bonds. The van der Waals surface area contributed by atoms with Gasteiger partial charge < -0.3 is 4.74 Å². The van der Waals surface area contributed by atoms with Crippen LogP contribution in [0.1, 0.15) is 15.9 Å². The van der Waals surface area contributed by atoms with Gasteiger partial charge in [0.15, 0.2) is 6.29 Å². The van der Waals surface area contributed by atoms with Gasteiger partial charge in [-0.3, -0.25) is 4.79 Å². The average molecular weight is 378 g/mol. The second kappa shape index (κ2) is 6.57. The molecule has 104 valence electrons. The third-order valence-corrected chi connectivity index (χ3v) is 3.64. The van der Waals surface area contributed by atoms with E-state index in [2.05, 4.69) is 15.9 Å². The largest absolute Gasteiger partial charge is 0.487 e. The first kappa shape index (κ1) is 15.3. The summed E-state index contributed by atoms with van der Waals surface area (Å²) in [7, 11) is 0. The number of benzene rings is 2. The SMILES string of the molecule is O=Cc1cc(Cl)cc(Cl)c1OCc1ccc(F)c(Br)c1. The molecule has 0 fully saturated rings. The van der Waals surface area contributed by atoms with Crippen molar-refractivity contribution in [3.05, 3.63) is 61.8 Å². The van der Waals surface area contributed by atoms with Crippen LogP contribution in [0, 0.1) is 5.82 Å². The molecule has 0 heterocycles. The molecule has 0 bridgehead atoms. The summed E-state index contributed by atoms with van der Waals surface area (Å²) in [4.78, 5) is 11.0. The molecule has 0 saturated carbocycles. The van der Waals surface area contributed by atoms with E-state index in [4.69, 9.17) is 27.9 Å². The summed E-state index contributed by atoms with van der Waals surface area (Å²) in [5.74, 6) is -0.0987. The lowest BCUT2D eigenvalue weighted by Crippen LogP contribution is -1.99. The molecule has 0 aromatic heterocycles. The van der Waals surface area contributed by atoms with Crippen molar-refractivity contribution in [2.45, 2.75) is 6.61 Å². The van der Waals surface area contributed by atoms with E-state index in [9.17, 15) is 9.18 Å². The molecule has 2 nitrogen and oxygen atoms in total. The van der Waals surface area contributed by atoms with Crippen LogP contribution in [0.4, 0.5) is 4.39 Å². The van der Waals surface area contributed by atoms with E-state index in [-0.39, 0.29) is 28.8 Å². The van der Waals surface area contributed by atoms with E-state index >= 15 is 0 Å². The molecule has 0 aliphatic carbocycles. The summed E-state index contributed by atoms with van der Waals surface area (Å²) in [5.41, 5.74) is 1.00. The lowest BCUT2D eigenvalue weighted by atomic mass is 10.2. The zero-order valence-corrected chi connectivity index (χ0v) is 13.1. The topological polar surface area (TPSA) is 26.3 Å². The van der Waals surface area contributed by atoms with Gasteiger partial charge in [-0.1, -0.05) is 29.3 Å². The molecule has 2 aromatic carbocycles. The Hall–Kier alpha value is -1.10. The normalized spacial score (nSPS) is 10.4. The quantitative estimate of drug-likeness (QED) is 0.677. The number of aldehydes is 1. The number of rotatable bonds is 4. The highest BCUT2D eigenvalue weighted by Crippen LogP contribution is 2.32. The summed E-state index contributed by atoms with van der Waals surface area (Å²) in [6, 6.07) is 7.47. The zero-order chi connectivity index (χ0) is 14.7. The van der Waals surface area contributed by atoms with Gasteiger partial charge >= 0.3 is 0 Å². The highest BCUT2D eigenvalue weighted by Gasteiger charge is 2.11. The Labute approximate surface area is 133 Å². The van der Waals surface area contributed by atoms with Gasteiger partial charge in [0, 0.05) is 5.02 Å². The molecular formula is C14H8BrCl2FO2. The predicted octanol–water partition coefficient (Wildman–Crippen LogP) is 5.29. The van der Waals surface area contributed by atoms with Gasteiger partial charge in [-0.2, -0.15) is 0 Å². The van der Waals surface area contributed by atoms with Crippen molar-refractivity contribution in [2.75, 3.05) is 0 Å². The second-order valence-electron chi connectivity index (χ2n) is 3.96. The van der Waals surface area contributed by atoms with Crippen LogP contribution in [0.25, 0.3) is 0 Å². The fourth-order valence-corrected chi connectivity index (χ4v) is 2.59. The van der Waals surface area contributed by atoms with Crippen molar-refractivity contribution in [1.82, 2.24) is 0 Å². The molecule has 20 heavy (non-hydrogen) atoms. The molecule has 0 saturated heterocycles. The maximum absolute atomic E-state index is 13.1. The average Bonchev–Trinajstić information content (AvgIpc) is 2.40. The second-order valence-corrected chi connectivity index (χ2v) is 5.66. The van der Waals surface area contributed by atoms with Crippen LogP contribution < -0.4 is 4.74 Å². The van der Waals surface area contributed by atoms with Crippen LogP contribution >= 0.6 is 39.1 Å². The number of ether oxygens (including phenoxy) is 1. The van der Waals surface area contributed by atoms with Gasteiger partial charge in [-0.05, 0) is 45.8 Å². The molecule has 0 aliphatic heterocycles. The van der Waals surface area contributed by atoms with E-state index in [0.717, 1.165) is 5.56 Å². The number of hydrogen-bond donors (Lipinski definition) is 0. The Bertz CT molecular complexity index is 662. The summed E-state index contributed by atoms with van der Waals surface area (Å²) in [6.45, 7) is 0.154. The molecule has 0 N–H and O–H groups in total. The van der Waals surface area contributed by atoms with Crippen LogP contribution in [0.15, 0.2) is 34.8 Å². The van der Waals surface area contributed by atoms with E-state index < -0.39 is 0 Å². The fourth-order valence-electron chi connectivity index (χ4n) is 1.60. The molecule has 6 heteroatoms. The van der Waals surface area contributed by atoms with Crippen molar-refractivity contribution < 1.29 is 13.9 Å². The molecule has 0 radical (unpaired) electrons. The van der Waals surface area contributed by atoms with Gasteiger partial charge in [0.05, 0.1) is 15.1 Å². The lowest BCUT2D eigenvalue weighted by Gasteiger charge is -2.11. The van der Waals surface area contributed by atoms with Gasteiger partial charge in [0.2, 0.25) is 0 Å². The first-order chi connectivity index (χ1) is 9.51. The van der Waals surface area contributed by atoms with Gasteiger partial charge in [0.25, 0.3) is 0 Å². The molecule has 2 rings (SSSR count). The van der Waals surface area contributed by atoms with Crippen LogP contribution in [0.3, 0.4) is 0 Å². The minimum atomic E-state index is -0.355. The van der Waals surface area contributed by atoms with Crippen LogP contribution in [-0.2, 0) is 6.61 Å². The first-order valence-corrected chi connectivity index (χ1v) is 7.07. The van der Waals surface area contributed by atoms with E-state index in [1.165, 1.54) is 18.2 Å². The summed E-state index contributed by atoms with van der Waals surface area (Å²) >= 11 is 14.9. The third-order valence-electron chi connectivity index (χ3n) is 2.53. The third kappa shape index (κ3) is 3.51. The Balaban J connectivity index is 2.22. The van der Waals surface area contributed by atoms with Crippen LogP contribution in [0.5, 0.6) is 5.75 Å². The molecule has 0 atom stereocenters. The molecule has 0 aliphatic rings. The number of hydrogen-bond acceptors (Lipinski definition) is 2. The highest BCUT2D eigenvalue weighted by atomic mass is 79.9. The van der Waals surface area contributed by atoms with Gasteiger partial charge in [-0.25, -0.2) is 4.39 Å². The maximum Gasteiger partial charge on any atom is 0.153 e. The van der Waals surface area contributed by atoms with Crippen molar-refractivity contribution in [2.24, 2.45) is 0 Å². The number of carbonyl (C=O) groups excluding carboxylic acids is 1. The van der Waals surface area contributed by atoms with E-state index in [0.29, 0.717) is 15.8 Å². The number of carbonyl (C=O) groups is 1. The van der Waals surface area contributed by atoms with Crippen molar-refractivity contribution in [3.8, 4) is 5.75 Å². The van der Waals surface area contributed by atoms with E-state index in [1.54, 1.807) is 12.1 Å². The zero-order valence-electron chi connectivity index (χ0n) is 10.00. The van der Waals surface area contributed by atoms with Crippen LogP contribution in [-0.4, -0.2) is 6.29 Å². The van der Waals surface area contributed by atoms with Crippen molar-refractivity contribution >= 4 is 45.4 Å². The first-order valence-electron chi connectivity index (χ1n) is 5.52. The summed E-state index contributed by atoms with van der Waals surface area (Å²) in [6.07, 6.45) is 0.619. The summed E-state index contributed by atoms with van der Waals surface area (Å²) < 4.78 is 19.0. The highest BCUT2D eigenvalue weighted by molar-refractivity contribution is 9.10. The fraction of sp³-hybridized carbons (Fsp3) is 0.0714. The monoisotopic (exact) mass is 376 g/mol. The summed E-state index contributed by atoms with van der Waals surface area (Å²) in [5, 5.41) is 0.606. The minimum Gasteiger partial charge on any atom is -0.487 e. The predicted molar refractivity (Wildman–Crippen MR) is 80.3 cm³/mol. The standard InChI is InChI=1S/C14H8BrCl2FO2/c15-11-3-8(1-2-13(11)18)7-20-14-9(6-19)4-10(16)5-12(14)17/h1-6H,7H2. The Morgan fingerprint density at radius 2 is 2.00 bits per heavy atom. The molecule has 0 spiro atoms. The molecular weight excluding hydrogens is 370 g/mol. The minimum absolute atomic E-state index is 0.154. The van der Waals surface area contributed by atoms with Crippen molar-refractivity contribution in [1.29, 1.82) is 0 Å². The van der Waals surface area contributed by atoms with Crippen LogP contribution in [0.2, 0.25) is 10.0 Å². The van der Waals surface area contributed by atoms with Gasteiger partial charge in [0.1, 0.15) is 18.2 Å². The van der Waals surface area contributed by atoms with Crippen molar-refractivity contribution in [3.63, 3.8) is 0 Å². The Morgan fingerprint density at radius 3 is 2.65 bits per heavy atom. The number of halogens is 4. The maximum atomic E-state index is 13.1. The van der Waals surface area contributed by atoms with Gasteiger partial charge in [-0.15, -0.1) is 0 Å². The Kier molecular flexibility index (Phi) is 5.02. The lowest BCUT2D eigenvalue weighted by molar-refractivity contribution is 0.111. The molecule has 0 unspecified atom stereocenters. The smallest absolute Gasteiger partial charge is 0.153 e.